The second kappa shape index (κ2) is 13.0. The van der Waals surface area contributed by atoms with E-state index in [0.717, 1.165) is 11.1 Å². The number of hydrogen-bond donors (Lipinski definition) is 1. The Morgan fingerprint density at radius 3 is 2.11 bits per heavy atom. The molecule has 0 radical (unpaired) electrons. The van der Waals surface area contributed by atoms with E-state index in [0.29, 0.717) is 62.9 Å². The number of halogens is 1. The molecule has 0 bridgehead atoms. The maximum Gasteiger partial charge on any atom is 0.321 e. The van der Waals surface area contributed by atoms with Gasteiger partial charge in [-0.1, -0.05) is 63.2 Å². The number of ether oxygens (including phenoxy) is 1. The Morgan fingerprint density at radius 2 is 1.51 bits per heavy atom. The van der Waals surface area contributed by atoms with Crippen LogP contribution in [0.25, 0.3) is 0 Å². The predicted molar refractivity (Wildman–Crippen MR) is 172 cm³/mol. The topological polar surface area (TPSA) is 82.2 Å². The van der Waals surface area contributed by atoms with Crippen LogP contribution in [0.5, 0.6) is 0 Å². The Morgan fingerprint density at radius 1 is 0.867 bits per heavy atom. The molecule has 238 valence electrons. The zero-order valence-corrected chi connectivity index (χ0v) is 26.9. The summed E-state index contributed by atoms with van der Waals surface area (Å²) in [6.07, 6.45) is 0. The average Bonchev–Trinajstić information content (AvgIpc) is 3.72. The molecule has 0 saturated carbocycles. The van der Waals surface area contributed by atoms with Gasteiger partial charge in [-0.05, 0) is 45.7 Å². The fraction of sp³-hybridized carbons (Fsp3) is 0.457. The molecular weight excluding hydrogens is 591 g/mol. The monoisotopic (exact) mass is 632 g/mol. The van der Waals surface area contributed by atoms with E-state index in [4.69, 9.17) is 4.74 Å². The fourth-order valence-corrected chi connectivity index (χ4v) is 7.64. The molecule has 0 aliphatic carbocycles. The van der Waals surface area contributed by atoms with Crippen LogP contribution in [-0.4, -0.2) is 90.9 Å². The number of benzene rings is 2. The number of urea groups is 1. The molecule has 4 heterocycles. The number of carbonyl (C=O) groups excluding carboxylic acids is 3. The van der Waals surface area contributed by atoms with Gasteiger partial charge in [-0.25, -0.2) is 9.18 Å². The molecule has 3 aliphatic rings. The van der Waals surface area contributed by atoms with E-state index in [1.54, 1.807) is 28.0 Å². The number of ketones is 1. The molecule has 45 heavy (non-hydrogen) atoms. The number of morpholine rings is 1. The number of nitrogens with one attached hydrogen (secondary N) is 1. The van der Waals surface area contributed by atoms with Gasteiger partial charge in [-0.3, -0.25) is 9.59 Å². The molecule has 1 N–H and O–H groups in total. The molecule has 3 fully saturated rings. The van der Waals surface area contributed by atoms with Crippen LogP contribution in [0.3, 0.4) is 0 Å². The van der Waals surface area contributed by atoms with Crippen molar-refractivity contribution in [3.05, 3.63) is 93.4 Å². The Labute approximate surface area is 268 Å². The van der Waals surface area contributed by atoms with Crippen LogP contribution in [0.4, 0.5) is 9.18 Å². The normalized spacial score (nSPS) is 24.1. The highest BCUT2D eigenvalue weighted by Gasteiger charge is 2.59. The van der Waals surface area contributed by atoms with Crippen LogP contribution in [0.2, 0.25) is 0 Å². The standard InChI is InChI=1S/C35H41FN4O4S/c1-35(2,3)25-10-6-23(7-11-25)28-29(32(41)27-5-4-22-45-27)30(24-8-12-26(36)13-9-24)40(34(43)39-18-20-44-21-19-39)31(28)33(42)38-16-14-37-15-17-38/h4-13,22,28-31,37H,14-21H2,1-3H3. The largest absolute Gasteiger partial charge is 0.378 e. The van der Waals surface area contributed by atoms with Crippen LogP contribution in [0, 0.1) is 11.7 Å². The molecule has 3 aromatic rings. The smallest absolute Gasteiger partial charge is 0.321 e. The number of thiophene rings is 1. The molecule has 10 heteroatoms. The zero-order valence-electron chi connectivity index (χ0n) is 26.1. The molecule has 3 saturated heterocycles. The maximum absolute atomic E-state index is 14.8. The Kier molecular flexibility index (Phi) is 9.08. The number of Topliss-reactive ketones (excluding diaryl/α,β-unsaturated/α-hetero) is 1. The summed E-state index contributed by atoms with van der Waals surface area (Å²) in [7, 11) is 0. The molecule has 6 rings (SSSR count). The number of likely N-dealkylation sites (tertiary alicyclic amines) is 1. The van der Waals surface area contributed by atoms with Crippen molar-refractivity contribution in [3.63, 3.8) is 0 Å². The predicted octanol–water partition coefficient (Wildman–Crippen LogP) is 5.08. The van der Waals surface area contributed by atoms with Gasteiger partial charge in [-0.2, -0.15) is 0 Å². The first kappa shape index (κ1) is 31.4. The van der Waals surface area contributed by atoms with Crippen LogP contribution in [0.15, 0.2) is 66.0 Å². The highest BCUT2D eigenvalue weighted by Crippen LogP contribution is 2.52. The van der Waals surface area contributed by atoms with Gasteiger partial charge in [-0.15, -0.1) is 11.3 Å². The summed E-state index contributed by atoms with van der Waals surface area (Å²) in [5.74, 6) is -2.12. The quantitative estimate of drug-likeness (QED) is 0.397. The van der Waals surface area contributed by atoms with E-state index in [9.17, 15) is 18.8 Å². The van der Waals surface area contributed by atoms with Gasteiger partial charge in [0.15, 0.2) is 5.78 Å². The lowest BCUT2D eigenvalue weighted by molar-refractivity contribution is -0.136. The van der Waals surface area contributed by atoms with Gasteiger partial charge in [0.1, 0.15) is 11.9 Å². The Bertz CT molecular complexity index is 1490. The number of nitrogens with zero attached hydrogens (tertiary/aromatic N) is 3. The molecule has 0 spiro atoms. The van der Waals surface area contributed by atoms with Crippen molar-refractivity contribution >= 4 is 29.1 Å². The SMILES string of the molecule is CC(C)(C)c1ccc(C2C(C(=O)c3cccs3)C(c3ccc(F)cc3)N(C(=O)N3CCOCC3)C2C(=O)N2CCNCC2)cc1. The third-order valence-electron chi connectivity index (χ3n) is 9.29. The molecule has 3 aliphatic heterocycles. The summed E-state index contributed by atoms with van der Waals surface area (Å²) in [6.45, 7) is 10.3. The summed E-state index contributed by atoms with van der Waals surface area (Å²) in [4.78, 5) is 49.9. The fourth-order valence-electron chi connectivity index (χ4n) is 6.92. The van der Waals surface area contributed by atoms with Crippen LogP contribution in [-0.2, 0) is 14.9 Å². The third kappa shape index (κ3) is 6.28. The van der Waals surface area contributed by atoms with Crippen molar-refractivity contribution in [2.24, 2.45) is 5.92 Å². The minimum absolute atomic E-state index is 0.0919. The minimum atomic E-state index is -0.942. The highest BCUT2D eigenvalue weighted by atomic mass is 32.1. The van der Waals surface area contributed by atoms with Crippen molar-refractivity contribution in [1.82, 2.24) is 20.0 Å². The first-order valence-electron chi connectivity index (χ1n) is 15.7. The van der Waals surface area contributed by atoms with Crippen molar-refractivity contribution < 1.29 is 23.5 Å². The van der Waals surface area contributed by atoms with Gasteiger partial charge in [0.25, 0.3) is 0 Å². The number of amides is 3. The average molecular weight is 633 g/mol. The molecule has 2 aromatic carbocycles. The molecule has 4 atom stereocenters. The van der Waals surface area contributed by atoms with Crippen molar-refractivity contribution in [2.75, 3.05) is 52.5 Å². The molecule has 3 amide bonds. The molecule has 8 nitrogen and oxygen atoms in total. The van der Waals surface area contributed by atoms with Gasteiger partial charge in [0.05, 0.1) is 30.1 Å². The van der Waals surface area contributed by atoms with Gasteiger partial charge >= 0.3 is 6.03 Å². The number of piperazine rings is 1. The summed E-state index contributed by atoms with van der Waals surface area (Å²) in [5.41, 5.74) is 2.49. The molecule has 1 aromatic heterocycles. The van der Waals surface area contributed by atoms with Gasteiger partial charge in [0, 0.05) is 45.2 Å². The van der Waals surface area contributed by atoms with Crippen LogP contribution in [0.1, 0.15) is 59.1 Å². The number of rotatable bonds is 5. The van der Waals surface area contributed by atoms with Crippen LogP contribution < -0.4 is 5.32 Å². The summed E-state index contributed by atoms with van der Waals surface area (Å²) < 4.78 is 19.8. The number of hydrogen-bond acceptors (Lipinski definition) is 6. The van der Waals surface area contributed by atoms with Gasteiger partial charge in [0.2, 0.25) is 5.91 Å². The van der Waals surface area contributed by atoms with E-state index >= 15 is 0 Å². The van der Waals surface area contributed by atoms with Crippen molar-refractivity contribution in [1.29, 1.82) is 0 Å². The van der Waals surface area contributed by atoms with Gasteiger partial charge < -0.3 is 24.8 Å². The van der Waals surface area contributed by atoms with E-state index in [-0.39, 0.29) is 23.1 Å². The van der Waals surface area contributed by atoms with E-state index in [1.807, 2.05) is 28.5 Å². The number of carbonyl (C=O) groups is 3. The second-order valence-corrected chi connectivity index (χ2v) is 14.0. The second-order valence-electron chi connectivity index (χ2n) is 13.1. The molecular formula is C35H41FN4O4S. The zero-order chi connectivity index (χ0) is 31.7. The Balaban J connectivity index is 1.57. The summed E-state index contributed by atoms with van der Waals surface area (Å²) in [5, 5.41) is 5.17. The van der Waals surface area contributed by atoms with Crippen molar-refractivity contribution in [3.8, 4) is 0 Å². The first-order chi connectivity index (χ1) is 21.6. The lowest BCUT2D eigenvalue weighted by Gasteiger charge is -2.39. The summed E-state index contributed by atoms with van der Waals surface area (Å²) >= 11 is 1.35. The lowest BCUT2D eigenvalue weighted by Crippen LogP contribution is -2.57. The van der Waals surface area contributed by atoms with Crippen molar-refractivity contribution in [2.45, 2.75) is 44.2 Å². The highest BCUT2D eigenvalue weighted by molar-refractivity contribution is 7.12. The molecule has 4 unspecified atom stereocenters. The van der Waals surface area contributed by atoms with Crippen LogP contribution >= 0.6 is 11.3 Å². The maximum atomic E-state index is 14.8. The lowest BCUT2D eigenvalue weighted by atomic mass is 9.76. The first-order valence-corrected chi connectivity index (χ1v) is 16.6. The Hall–Kier alpha value is -3.60. The third-order valence-corrected chi connectivity index (χ3v) is 10.2. The summed E-state index contributed by atoms with van der Waals surface area (Å²) in [6, 6.07) is 15.8. The van der Waals surface area contributed by atoms with E-state index in [2.05, 4.69) is 38.2 Å². The van der Waals surface area contributed by atoms with E-state index in [1.165, 1.54) is 23.5 Å². The van der Waals surface area contributed by atoms with E-state index < -0.39 is 29.7 Å². The minimum Gasteiger partial charge on any atom is -0.378 e.